The molecule has 0 aliphatic carbocycles. The Morgan fingerprint density at radius 1 is 1.38 bits per heavy atom. The van der Waals surface area contributed by atoms with Crippen LogP contribution in [-0.2, 0) is 0 Å². The fraction of sp³-hybridized carbons (Fsp3) is 0.200. The Balaban J connectivity index is 2.27. The molecule has 0 saturated carbocycles. The Bertz CT molecular complexity index is 676. The summed E-state index contributed by atoms with van der Waals surface area (Å²) < 4.78 is 13.7. The lowest BCUT2D eigenvalue weighted by Crippen LogP contribution is -2.14. The third-order valence-corrected chi connectivity index (χ3v) is 3.13. The topological polar surface area (TPSA) is 54.0 Å². The van der Waals surface area contributed by atoms with Crippen molar-refractivity contribution in [3.63, 3.8) is 0 Å². The van der Waals surface area contributed by atoms with Crippen LogP contribution in [0.25, 0.3) is 0 Å². The number of hydrogen-bond donors (Lipinski definition) is 2. The zero-order valence-electron chi connectivity index (χ0n) is 11.7. The van der Waals surface area contributed by atoms with Gasteiger partial charge in [-0.05, 0) is 37.6 Å². The summed E-state index contributed by atoms with van der Waals surface area (Å²) in [5.74, 6) is -0.436. The second-order valence-corrected chi connectivity index (χ2v) is 4.92. The maximum absolute atomic E-state index is 13.7. The highest BCUT2D eigenvalue weighted by atomic mass is 35.5. The number of carbonyl (C=O) groups is 1. The summed E-state index contributed by atoms with van der Waals surface area (Å²) in [4.78, 5) is 16.3. The molecule has 1 amide bonds. The van der Waals surface area contributed by atoms with Crippen LogP contribution in [0, 0.1) is 12.7 Å². The van der Waals surface area contributed by atoms with Gasteiger partial charge >= 0.3 is 0 Å². The average Bonchev–Trinajstić information content (AvgIpc) is 2.45. The van der Waals surface area contributed by atoms with E-state index >= 15 is 0 Å². The van der Waals surface area contributed by atoms with E-state index in [1.165, 1.54) is 18.3 Å². The van der Waals surface area contributed by atoms with Crippen molar-refractivity contribution in [2.24, 2.45) is 0 Å². The molecule has 0 aliphatic rings. The first-order valence-electron chi connectivity index (χ1n) is 6.48. The number of nitrogens with zero attached hydrogens (tertiary/aromatic N) is 1. The third kappa shape index (κ3) is 3.70. The van der Waals surface area contributed by atoms with E-state index in [-0.39, 0.29) is 16.3 Å². The molecule has 0 aliphatic heterocycles. The van der Waals surface area contributed by atoms with Gasteiger partial charge in [-0.15, -0.1) is 0 Å². The number of benzene rings is 1. The zero-order chi connectivity index (χ0) is 15.4. The second kappa shape index (κ2) is 6.54. The number of nitrogens with one attached hydrogen (secondary N) is 2. The monoisotopic (exact) mass is 307 g/mol. The number of carbonyl (C=O) groups excluding carboxylic acids is 1. The number of pyridine rings is 1. The fourth-order valence-electron chi connectivity index (χ4n) is 1.82. The van der Waals surface area contributed by atoms with E-state index in [0.717, 1.165) is 5.56 Å². The molecule has 0 atom stereocenters. The van der Waals surface area contributed by atoms with Gasteiger partial charge in [-0.1, -0.05) is 17.7 Å². The van der Waals surface area contributed by atoms with Gasteiger partial charge in [0.25, 0.3) is 5.91 Å². The molecule has 110 valence electrons. The van der Waals surface area contributed by atoms with E-state index in [2.05, 4.69) is 15.6 Å². The molecule has 0 saturated heterocycles. The van der Waals surface area contributed by atoms with Gasteiger partial charge in [0.1, 0.15) is 11.6 Å². The summed E-state index contributed by atoms with van der Waals surface area (Å²) in [6.07, 6.45) is 1.39. The number of aryl methyl sites for hydroxylation is 1. The molecule has 0 radical (unpaired) electrons. The highest BCUT2D eigenvalue weighted by Crippen LogP contribution is 2.21. The maximum atomic E-state index is 13.7. The Hall–Kier alpha value is -2.14. The molecular weight excluding hydrogens is 293 g/mol. The quantitative estimate of drug-likeness (QED) is 0.901. The van der Waals surface area contributed by atoms with Crippen LogP contribution < -0.4 is 10.6 Å². The van der Waals surface area contributed by atoms with Crippen molar-refractivity contribution < 1.29 is 9.18 Å². The number of rotatable bonds is 4. The Labute approximate surface area is 127 Å². The first-order valence-corrected chi connectivity index (χ1v) is 6.86. The van der Waals surface area contributed by atoms with Crippen molar-refractivity contribution in [3.8, 4) is 0 Å². The lowest BCUT2D eigenvalue weighted by atomic mass is 10.2. The minimum Gasteiger partial charge on any atom is -0.370 e. The van der Waals surface area contributed by atoms with E-state index in [0.29, 0.717) is 12.4 Å². The predicted molar refractivity (Wildman–Crippen MR) is 82.5 cm³/mol. The number of halogens is 2. The van der Waals surface area contributed by atoms with E-state index in [4.69, 9.17) is 11.6 Å². The van der Waals surface area contributed by atoms with Crippen LogP contribution in [0.15, 0.2) is 30.5 Å². The number of aromatic nitrogens is 1. The number of anilines is 2. The van der Waals surface area contributed by atoms with Crippen molar-refractivity contribution in [1.82, 2.24) is 4.98 Å². The van der Waals surface area contributed by atoms with Crippen LogP contribution in [0.3, 0.4) is 0 Å². The van der Waals surface area contributed by atoms with Gasteiger partial charge in [-0.2, -0.15) is 0 Å². The van der Waals surface area contributed by atoms with Crippen molar-refractivity contribution in [3.05, 3.63) is 52.4 Å². The van der Waals surface area contributed by atoms with Crippen LogP contribution in [0.4, 0.5) is 15.9 Å². The molecule has 2 N–H and O–H groups in total. The summed E-state index contributed by atoms with van der Waals surface area (Å²) in [6, 6.07) is 6.04. The number of hydrogen-bond acceptors (Lipinski definition) is 3. The summed E-state index contributed by atoms with van der Waals surface area (Å²) in [7, 11) is 0. The van der Waals surface area contributed by atoms with Gasteiger partial charge < -0.3 is 10.6 Å². The number of amides is 1. The zero-order valence-corrected chi connectivity index (χ0v) is 12.5. The predicted octanol–water partition coefficient (Wildman–Crippen LogP) is 3.87. The molecule has 1 aromatic carbocycles. The third-order valence-electron chi connectivity index (χ3n) is 2.83. The normalized spacial score (nSPS) is 10.3. The molecular formula is C15H15ClFN3O. The van der Waals surface area contributed by atoms with Gasteiger partial charge in [-0.3, -0.25) is 4.79 Å². The molecule has 0 spiro atoms. The van der Waals surface area contributed by atoms with Crippen LogP contribution in [0.5, 0.6) is 0 Å². The summed E-state index contributed by atoms with van der Waals surface area (Å²) >= 11 is 5.98. The summed E-state index contributed by atoms with van der Waals surface area (Å²) in [5.41, 5.74) is 1.21. The molecule has 1 aromatic heterocycles. The van der Waals surface area contributed by atoms with E-state index < -0.39 is 11.7 Å². The first kappa shape index (κ1) is 15.3. The molecule has 2 rings (SSSR count). The molecule has 0 unspecified atom stereocenters. The lowest BCUT2D eigenvalue weighted by Gasteiger charge is -2.10. The van der Waals surface area contributed by atoms with Crippen LogP contribution in [0.2, 0.25) is 5.02 Å². The van der Waals surface area contributed by atoms with E-state index in [1.54, 1.807) is 12.1 Å². The van der Waals surface area contributed by atoms with Gasteiger partial charge in [0.2, 0.25) is 0 Å². The molecule has 1 heterocycles. The van der Waals surface area contributed by atoms with Gasteiger partial charge in [0.05, 0.1) is 16.3 Å². The average molecular weight is 308 g/mol. The van der Waals surface area contributed by atoms with Gasteiger partial charge in [0, 0.05) is 12.7 Å². The lowest BCUT2D eigenvalue weighted by molar-refractivity contribution is 0.102. The Morgan fingerprint density at radius 2 is 2.14 bits per heavy atom. The maximum Gasteiger partial charge on any atom is 0.257 e. The van der Waals surface area contributed by atoms with Gasteiger partial charge in [-0.25, -0.2) is 9.37 Å². The highest BCUT2D eigenvalue weighted by Gasteiger charge is 2.14. The molecule has 0 bridgehead atoms. The van der Waals surface area contributed by atoms with Crippen LogP contribution >= 0.6 is 11.6 Å². The Kier molecular flexibility index (Phi) is 4.75. The van der Waals surface area contributed by atoms with Crippen molar-refractivity contribution in [1.29, 1.82) is 0 Å². The minimum atomic E-state index is -0.494. The van der Waals surface area contributed by atoms with Crippen molar-refractivity contribution in [2.75, 3.05) is 17.2 Å². The molecule has 2 aromatic rings. The first-order chi connectivity index (χ1) is 10.0. The molecule has 4 nitrogen and oxygen atoms in total. The second-order valence-electron chi connectivity index (χ2n) is 4.52. The largest absolute Gasteiger partial charge is 0.370 e. The summed E-state index contributed by atoms with van der Waals surface area (Å²) in [6.45, 7) is 4.40. The molecule has 6 heteroatoms. The standard InChI is InChI=1S/C15H15ClFN3O/c1-3-18-14-7-10(11(16)8-19-14)15(21)20-13-6-9(2)4-5-12(13)17/h4-8H,3H2,1-2H3,(H,18,19)(H,20,21). The smallest absolute Gasteiger partial charge is 0.257 e. The molecule has 0 fully saturated rings. The summed E-state index contributed by atoms with van der Waals surface area (Å²) in [5, 5.41) is 5.72. The van der Waals surface area contributed by atoms with Crippen LogP contribution in [0.1, 0.15) is 22.8 Å². The van der Waals surface area contributed by atoms with Crippen molar-refractivity contribution >= 4 is 29.0 Å². The van der Waals surface area contributed by atoms with Crippen molar-refractivity contribution in [2.45, 2.75) is 13.8 Å². The molecule has 21 heavy (non-hydrogen) atoms. The van der Waals surface area contributed by atoms with Gasteiger partial charge in [0.15, 0.2) is 0 Å². The Morgan fingerprint density at radius 3 is 2.86 bits per heavy atom. The van der Waals surface area contributed by atoms with Crippen LogP contribution in [-0.4, -0.2) is 17.4 Å². The van der Waals surface area contributed by atoms with E-state index in [9.17, 15) is 9.18 Å². The van der Waals surface area contributed by atoms with E-state index in [1.807, 2.05) is 13.8 Å². The SMILES string of the molecule is CCNc1cc(C(=O)Nc2cc(C)ccc2F)c(Cl)cn1. The highest BCUT2D eigenvalue weighted by molar-refractivity contribution is 6.34. The minimum absolute atomic E-state index is 0.123. The fourth-order valence-corrected chi connectivity index (χ4v) is 2.00.